The number of nitrogens with one attached hydrogen (secondary N) is 1. The van der Waals surface area contributed by atoms with E-state index in [-0.39, 0.29) is 0 Å². The van der Waals surface area contributed by atoms with E-state index in [1.807, 2.05) is 12.1 Å². The molecule has 0 spiro atoms. The maximum Gasteiger partial charge on any atom is 0.0440 e. The van der Waals surface area contributed by atoms with Gasteiger partial charge in [-0.3, -0.25) is 0 Å². The molecule has 2 aromatic rings. The van der Waals surface area contributed by atoms with Crippen molar-refractivity contribution in [2.75, 3.05) is 6.54 Å². The van der Waals surface area contributed by atoms with Gasteiger partial charge in [0.1, 0.15) is 0 Å². The predicted octanol–water partition coefficient (Wildman–Crippen LogP) is 4.81. The molecule has 0 unspecified atom stereocenters. The Morgan fingerprint density at radius 1 is 0.952 bits per heavy atom. The van der Waals surface area contributed by atoms with Gasteiger partial charge in [0.05, 0.1) is 0 Å². The van der Waals surface area contributed by atoms with Gasteiger partial charge in [-0.2, -0.15) is 0 Å². The summed E-state index contributed by atoms with van der Waals surface area (Å²) in [7, 11) is 0. The van der Waals surface area contributed by atoms with Gasteiger partial charge in [0.15, 0.2) is 0 Å². The van der Waals surface area contributed by atoms with E-state index in [9.17, 15) is 0 Å². The standard InChI is InChI=1S/C19H22ClN/c20-19-11-5-4-10-18(19)16-13-17(14-16)21-12-6-9-15-7-2-1-3-8-15/h1-5,7-8,10-11,16-17,21H,6,9,12-14H2. The minimum atomic E-state index is 0.644. The lowest BCUT2D eigenvalue weighted by molar-refractivity contribution is 0.291. The highest BCUT2D eigenvalue weighted by Gasteiger charge is 2.30. The zero-order chi connectivity index (χ0) is 14.5. The Labute approximate surface area is 132 Å². The van der Waals surface area contributed by atoms with Crippen molar-refractivity contribution in [1.29, 1.82) is 0 Å². The molecule has 3 rings (SSSR count). The fraction of sp³-hybridized carbons (Fsp3) is 0.368. The molecule has 0 amide bonds. The van der Waals surface area contributed by atoms with Crippen molar-refractivity contribution in [3.63, 3.8) is 0 Å². The largest absolute Gasteiger partial charge is 0.314 e. The minimum Gasteiger partial charge on any atom is -0.314 e. The summed E-state index contributed by atoms with van der Waals surface area (Å²) in [5, 5.41) is 4.59. The third-order valence-corrected chi connectivity index (χ3v) is 4.75. The summed E-state index contributed by atoms with van der Waals surface area (Å²) in [6.45, 7) is 1.11. The van der Waals surface area contributed by atoms with E-state index in [2.05, 4.69) is 47.8 Å². The number of hydrogen-bond donors (Lipinski definition) is 1. The number of halogens is 1. The van der Waals surface area contributed by atoms with Gasteiger partial charge in [-0.25, -0.2) is 0 Å². The van der Waals surface area contributed by atoms with E-state index < -0.39 is 0 Å². The second-order valence-corrected chi connectivity index (χ2v) is 6.34. The first kappa shape index (κ1) is 14.6. The predicted molar refractivity (Wildman–Crippen MR) is 90.0 cm³/mol. The first-order valence-corrected chi connectivity index (χ1v) is 8.22. The van der Waals surface area contributed by atoms with Crippen LogP contribution in [0.5, 0.6) is 0 Å². The number of benzene rings is 2. The summed E-state index contributed by atoms with van der Waals surface area (Å²) < 4.78 is 0. The van der Waals surface area contributed by atoms with Gasteiger partial charge in [-0.1, -0.05) is 60.1 Å². The van der Waals surface area contributed by atoms with Gasteiger partial charge in [0.25, 0.3) is 0 Å². The van der Waals surface area contributed by atoms with Gasteiger partial charge in [-0.15, -0.1) is 0 Å². The Bertz CT molecular complexity index is 561. The number of aryl methyl sites for hydroxylation is 1. The van der Waals surface area contributed by atoms with Crippen molar-refractivity contribution < 1.29 is 0 Å². The second kappa shape index (κ2) is 7.11. The Morgan fingerprint density at radius 3 is 2.43 bits per heavy atom. The molecular formula is C19H22ClN. The molecule has 1 nitrogen and oxygen atoms in total. The quantitative estimate of drug-likeness (QED) is 0.755. The molecule has 0 heterocycles. The van der Waals surface area contributed by atoms with Gasteiger partial charge in [0, 0.05) is 11.1 Å². The van der Waals surface area contributed by atoms with Crippen LogP contribution in [0.4, 0.5) is 0 Å². The molecule has 1 aliphatic rings. The lowest BCUT2D eigenvalue weighted by Crippen LogP contribution is -2.40. The Morgan fingerprint density at radius 2 is 1.67 bits per heavy atom. The van der Waals surface area contributed by atoms with Gasteiger partial charge in [-0.05, 0) is 55.3 Å². The third-order valence-electron chi connectivity index (χ3n) is 4.40. The molecule has 0 aromatic heterocycles. The van der Waals surface area contributed by atoms with Crippen LogP contribution in [0.1, 0.15) is 36.3 Å². The molecule has 0 bridgehead atoms. The summed E-state index contributed by atoms with van der Waals surface area (Å²) in [5.41, 5.74) is 2.75. The molecule has 110 valence electrons. The lowest BCUT2D eigenvalue weighted by atomic mass is 9.76. The summed E-state index contributed by atoms with van der Waals surface area (Å²) in [6, 6.07) is 19.6. The van der Waals surface area contributed by atoms with Gasteiger partial charge < -0.3 is 5.32 Å². The van der Waals surface area contributed by atoms with Crippen molar-refractivity contribution in [3.8, 4) is 0 Å². The van der Waals surface area contributed by atoms with Crippen LogP contribution in [0.25, 0.3) is 0 Å². The first-order chi connectivity index (χ1) is 10.3. The van der Waals surface area contributed by atoms with Crippen molar-refractivity contribution in [2.45, 2.75) is 37.6 Å². The summed E-state index contributed by atoms with van der Waals surface area (Å²) in [4.78, 5) is 0. The topological polar surface area (TPSA) is 12.0 Å². The van der Waals surface area contributed by atoms with Crippen molar-refractivity contribution in [1.82, 2.24) is 5.32 Å². The Hall–Kier alpha value is -1.31. The fourth-order valence-corrected chi connectivity index (χ4v) is 3.38. The van der Waals surface area contributed by atoms with Crippen molar-refractivity contribution in [2.24, 2.45) is 0 Å². The fourth-order valence-electron chi connectivity index (χ4n) is 3.09. The highest BCUT2D eigenvalue weighted by molar-refractivity contribution is 6.31. The molecule has 1 aliphatic carbocycles. The van der Waals surface area contributed by atoms with Crippen LogP contribution in [-0.2, 0) is 6.42 Å². The summed E-state index contributed by atoms with van der Waals surface area (Å²) in [6.07, 6.45) is 4.80. The average Bonchev–Trinajstić information content (AvgIpc) is 2.47. The highest BCUT2D eigenvalue weighted by Crippen LogP contribution is 2.39. The van der Waals surface area contributed by atoms with E-state index in [0.29, 0.717) is 12.0 Å². The molecule has 1 fully saturated rings. The second-order valence-electron chi connectivity index (χ2n) is 5.93. The molecule has 0 atom stereocenters. The molecule has 1 N–H and O–H groups in total. The number of hydrogen-bond acceptors (Lipinski definition) is 1. The highest BCUT2D eigenvalue weighted by atomic mass is 35.5. The van der Waals surface area contributed by atoms with Crippen molar-refractivity contribution >= 4 is 11.6 Å². The molecule has 2 heteroatoms. The van der Waals surface area contributed by atoms with Crippen LogP contribution in [0.3, 0.4) is 0 Å². The molecule has 0 saturated heterocycles. The average molecular weight is 300 g/mol. The van der Waals surface area contributed by atoms with E-state index in [4.69, 9.17) is 11.6 Å². The van der Waals surface area contributed by atoms with E-state index in [1.165, 1.54) is 30.4 Å². The van der Waals surface area contributed by atoms with Gasteiger partial charge in [0.2, 0.25) is 0 Å². The van der Waals surface area contributed by atoms with Crippen molar-refractivity contribution in [3.05, 3.63) is 70.7 Å². The van der Waals surface area contributed by atoms with E-state index in [0.717, 1.165) is 18.0 Å². The number of rotatable bonds is 6. The normalized spacial score (nSPS) is 21.0. The molecule has 2 aromatic carbocycles. The Balaban J connectivity index is 1.35. The molecule has 21 heavy (non-hydrogen) atoms. The van der Waals surface area contributed by atoms with Crippen LogP contribution in [0, 0.1) is 0 Å². The third kappa shape index (κ3) is 3.87. The van der Waals surface area contributed by atoms with Crippen LogP contribution in [0.15, 0.2) is 54.6 Å². The molecule has 1 saturated carbocycles. The minimum absolute atomic E-state index is 0.644. The maximum absolute atomic E-state index is 6.25. The van der Waals surface area contributed by atoms with E-state index >= 15 is 0 Å². The zero-order valence-electron chi connectivity index (χ0n) is 12.3. The van der Waals surface area contributed by atoms with Crippen LogP contribution >= 0.6 is 11.6 Å². The maximum atomic E-state index is 6.25. The van der Waals surface area contributed by atoms with Gasteiger partial charge >= 0.3 is 0 Å². The van der Waals surface area contributed by atoms with E-state index in [1.54, 1.807) is 0 Å². The Kier molecular flexibility index (Phi) is 4.95. The smallest absolute Gasteiger partial charge is 0.0440 e. The summed E-state index contributed by atoms with van der Waals surface area (Å²) in [5.74, 6) is 0.644. The molecule has 0 radical (unpaired) electrons. The monoisotopic (exact) mass is 299 g/mol. The summed E-state index contributed by atoms with van der Waals surface area (Å²) >= 11 is 6.25. The lowest BCUT2D eigenvalue weighted by Gasteiger charge is -2.37. The molecular weight excluding hydrogens is 278 g/mol. The zero-order valence-corrected chi connectivity index (χ0v) is 13.0. The molecule has 0 aliphatic heterocycles. The van der Waals surface area contributed by atoms with Crippen LogP contribution in [-0.4, -0.2) is 12.6 Å². The SMILES string of the molecule is Clc1ccccc1C1CC(NCCCc2ccccc2)C1. The first-order valence-electron chi connectivity index (χ1n) is 7.84. The van der Waals surface area contributed by atoms with Crippen LogP contribution < -0.4 is 5.32 Å². The van der Waals surface area contributed by atoms with Crippen LogP contribution in [0.2, 0.25) is 5.02 Å².